The van der Waals surface area contributed by atoms with E-state index in [0.29, 0.717) is 28.4 Å². The van der Waals surface area contributed by atoms with Gasteiger partial charge in [-0.2, -0.15) is 0 Å². The number of para-hydroxylation sites is 1. The van der Waals surface area contributed by atoms with E-state index in [1.54, 1.807) is 66.9 Å². The number of benzene rings is 2. The van der Waals surface area contributed by atoms with Gasteiger partial charge < -0.3 is 14.6 Å². The number of nitrogens with one attached hydrogen (secondary N) is 1. The number of amides is 1. The minimum absolute atomic E-state index is 0.180. The molecule has 0 aliphatic heterocycles. The van der Waals surface area contributed by atoms with Crippen LogP contribution in [0.4, 0.5) is 10.1 Å². The van der Waals surface area contributed by atoms with Gasteiger partial charge in [0.1, 0.15) is 11.6 Å². The zero-order valence-electron chi connectivity index (χ0n) is 15.2. The first kappa shape index (κ1) is 18.4. The molecule has 27 heavy (non-hydrogen) atoms. The summed E-state index contributed by atoms with van der Waals surface area (Å²) < 4.78 is 21.3. The van der Waals surface area contributed by atoms with Gasteiger partial charge in [0.25, 0.3) is 0 Å². The van der Waals surface area contributed by atoms with E-state index in [9.17, 15) is 14.0 Å². The molecule has 0 spiro atoms. The highest BCUT2D eigenvalue weighted by molar-refractivity contribution is 5.93. The van der Waals surface area contributed by atoms with Gasteiger partial charge in [-0.25, -0.2) is 9.18 Å². The zero-order valence-corrected chi connectivity index (χ0v) is 15.2. The maximum Gasteiger partial charge on any atom is 0.345 e. The van der Waals surface area contributed by atoms with Gasteiger partial charge in [0, 0.05) is 24.0 Å². The van der Waals surface area contributed by atoms with Crippen LogP contribution >= 0.6 is 0 Å². The molecule has 138 valence electrons. The summed E-state index contributed by atoms with van der Waals surface area (Å²) >= 11 is 0. The Morgan fingerprint density at radius 2 is 1.70 bits per heavy atom. The summed E-state index contributed by atoms with van der Waals surface area (Å²) in [6.07, 6.45) is 0. The largest absolute Gasteiger partial charge is 0.423 e. The van der Waals surface area contributed by atoms with Gasteiger partial charge in [-0.1, -0.05) is 12.1 Å². The van der Waals surface area contributed by atoms with Crippen LogP contribution in [0.15, 0.2) is 54.6 Å². The third-order valence-electron chi connectivity index (χ3n) is 4.13. The van der Waals surface area contributed by atoms with E-state index in [1.807, 2.05) is 0 Å². The van der Waals surface area contributed by atoms with Gasteiger partial charge in [-0.15, -0.1) is 0 Å². The average Bonchev–Trinajstić information content (AvgIpc) is 2.91. The van der Waals surface area contributed by atoms with Gasteiger partial charge in [-0.05, 0) is 56.3 Å². The predicted octanol–water partition coefficient (Wildman–Crippen LogP) is 4.41. The van der Waals surface area contributed by atoms with Crippen LogP contribution in [0, 0.1) is 19.7 Å². The smallest absolute Gasteiger partial charge is 0.345 e. The highest BCUT2D eigenvalue weighted by atomic mass is 19.1. The predicted molar refractivity (Wildman–Crippen MR) is 101 cm³/mol. The molecule has 6 heteroatoms. The van der Waals surface area contributed by atoms with Crippen LogP contribution in [-0.2, 0) is 4.79 Å². The summed E-state index contributed by atoms with van der Waals surface area (Å²) in [5, 5.41) is 2.64. The molecule has 0 radical (unpaired) electrons. The molecule has 1 aromatic heterocycles. The summed E-state index contributed by atoms with van der Waals surface area (Å²) in [4.78, 5) is 23.6. The Bertz CT molecular complexity index is 1010. The van der Waals surface area contributed by atoms with Crippen molar-refractivity contribution in [3.05, 3.63) is 77.4 Å². The molecular weight excluding hydrogens is 347 g/mol. The molecule has 0 atom stereocenters. The lowest BCUT2D eigenvalue weighted by molar-refractivity contribution is -0.114. The molecular formula is C21H19FN2O3. The molecule has 0 aliphatic carbocycles. The van der Waals surface area contributed by atoms with Crippen molar-refractivity contribution in [2.24, 2.45) is 0 Å². The van der Waals surface area contributed by atoms with Crippen molar-refractivity contribution in [3.8, 4) is 11.4 Å². The van der Waals surface area contributed by atoms with Gasteiger partial charge in [0.05, 0.1) is 11.3 Å². The van der Waals surface area contributed by atoms with Gasteiger partial charge in [0.2, 0.25) is 5.91 Å². The molecule has 0 fully saturated rings. The number of ether oxygens (including phenoxy) is 1. The Kier molecular flexibility index (Phi) is 5.07. The molecule has 3 rings (SSSR count). The first-order valence-electron chi connectivity index (χ1n) is 8.40. The number of anilines is 1. The lowest BCUT2D eigenvalue weighted by atomic mass is 10.2. The summed E-state index contributed by atoms with van der Waals surface area (Å²) in [5.41, 5.74) is 2.68. The van der Waals surface area contributed by atoms with Crippen molar-refractivity contribution in [3.63, 3.8) is 0 Å². The van der Waals surface area contributed by atoms with Gasteiger partial charge in [-0.3, -0.25) is 4.79 Å². The maximum atomic E-state index is 14.2. The number of rotatable bonds is 4. The molecule has 1 amide bonds. The topological polar surface area (TPSA) is 60.3 Å². The Morgan fingerprint density at radius 1 is 1.04 bits per heavy atom. The molecule has 1 N–H and O–H groups in total. The number of esters is 1. The van der Waals surface area contributed by atoms with Gasteiger partial charge in [0.15, 0.2) is 0 Å². The number of halogens is 1. The second kappa shape index (κ2) is 7.45. The van der Waals surface area contributed by atoms with Crippen molar-refractivity contribution in [2.75, 3.05) is 5.32 Å². The van der Waals surface area contributed by atoms with Crippen molar-refractivity contribution in [1.82, 2.24) is 4.57 Å². The third-order valence-corrected chi connectivity index (χ3v) is 4.13. The van der Waals surface area contributed by atoms with Crippen molar-refractivity contribution in [2.45, 2.75) is 20.8 Å². The first-order chi connectivity index (χ1) is 12.9. The normalized spacial score (nSPS) is 10.5. The van der Waals surface area contributed by atoms with Crippen LogP contribution in [0.3, 0.4) is 0 Å². The van der Waals surface area contributed by atoms with Crippen molar-refractivity contribution < 1.29 is 18.7 Å². The Balaban J connectivity index is 1.85. The Hall–Kier alpha value is -3.41. The van der Waals surface area contributed by atoms with E-state index < -0.39 is 5.97 Å². The molecule has 0 saturated heterocycles. The molecule has 3 aromatic rings. The van der Waals surface area contributed by atoms with E-state index in [-0.39, 0.29) is 11.7 Å². The number of carbonyl (C=O) groups excluding carboxylic acids is 2. The number of hydrogen-bond donors (Lipinski definition) is 1. The van der Waals surface area contributed by atoms with E-state index >= 15 is 0 Å². The fraction of sp³-hybridized carbons (Fsp3) is 0.143. The van der Waals surface area contributed by atoms with Crippen LogP contribution in [0.25, 0.3) is 5.69 Å². The molecule has 2 aromatic carbocycles. The van der Waals surface area contributed by atoms with E-state index in [1.165, 1.54) is 13.0 Å². The summed E-state index contributed by atoms with van der Waals surface area (Å²) in [7, 11) is 0. The summed E-state index contributed by atoms with van der Waals surface area (Å²) in [6.45, 7) is 4.97. The highest BCUT2D eigenvalue weighted by Gasteiger charge is 2.19. The van der Waals surface area contributed by atoms with Crippen molar-refractivity contribution in [1.29, 1.82) is 0 Å². The lowest BCUT2D eigenvalue weighted by Gasteiger charge is -2.11. The second-order valence-electron chi connectivity index (χ2n) is 6.17. The second-order valence-corrected chi connectivity index (χ2v) is 6.17. The summed E-state index contributed by atoms with van der Waals surface area (Å²) in [5.74, 6) is -0.726. The number of carbonyl (C=O) groups is 2. The molecule has 0 unspecified atom stereocenters. The van der Waals surface area contributed by atoms with Gasteiger partial charge >= 0.3 is 5.97 Å². The van der Waals surface area contributed by atoms with E-state index in [0.717, 1.165) is 5.69 Å². The minimum atomic E-state index is -0.530. The molecule has 0 aliphatic rings. The van der Waals surface area contributed by atoms with Crippen LogP contribution in [0.2, 0.25) is 0 Å². The monoisotopic (exact) mass is 366 g/mol. The molecule has 0 saturated carbocycles. The molecule has 1 heterocycles. The number of aryl methyl sites for hydroxylation is 1. The Morgan fingerprint density at radius 3 is 2.33 bits per heavy atom. The number of nitrogens with zero attached hydrogens (tertiary/aromatic N) is 1. The van der Waals surface area contributed by atoms with Crippen LogP contribution in [-0.4, -0.2) is 16.4 Å². The van der Waals surface area contributed by atoms with Crippen LogP contribution in [0.5, 0.6) is 5.75 Å². The lowest BCUT2D eigenvalue weighted by Crippen LogP contribution is -2.11. The Labute approximate surface area is 156 Å². The van der Waals surface area contributed by atoms with E-state index in [4.69, 9.17) is 4.74 Å². The number of aromatic nitrogens is 1. The maximum absolute atomic E-state index is 14.2. The average molecular weight is 366 g/mol. The summed E-state index contributed by atoms with van der Waals surface area (Å²) in [6, 6.07) is 14.6. The molecule has 5 nitrogen and oxygen atoms in total. The highest BCUT2D eigenvalue weighted by Crippen LogP contribution is 2.24. The van der Waals surface area contributed by atoms with Crippen LogP contribution < -0.4 is 10.1 Å². The van der Waals surface area contributed by atoms with Crippen LogP contribution in [0.1, 0.15) is 28.7 Å². The standard InChI is InChI=1S/C21H19FN2O3/c1-13-12-18(14(2)24(13)20-7-5-4-6-19(20)22)21(26)27-17-10-8-16(9-11-17)23-15(3)25/h4-12H,1-3H3,(H,23,25). The molecule has 0 bridgehead atoms. The fourth-order valence-corrected chi connectivity index (χ4v) is 2.94. The zero-order chi connectivity index (χ0) is 19.6. The minimum Gasteiger partial charge on any atom is -0.423 e. The third kappa shape index (κ3) is 3.89. The quantitative estimate of drug-likeness (QED) is 0.550. The van der Waals surface area contributed by atoms with E-state index in [2.05, 4.69) is 5.32 Å². The number of hydrogen-bond acceptors (Lipinski definition) is 3. The first-order valence-corrected chi connectivity index (χ1v) is 8.40. The van der Waals surface area contributed by atoms with Crippen molar-refractivity contribution >= 4 is 17.6 Å². The SMILES string of the molecule is CC(=O)Nc1ccc(OC(=O)c2cc(C)n(-c3ccccc3F)c2C)cc1. The fourth-order valence-electron chi connectivity index (χ4n) is 2.94.